The molecule has 2 aromatic carbocycles. The second-order valence-electron chi connectivity index (χ2n) is 9.11. The summed E-state index contributed by atoms with van der Waals surface area (Å²) in [5, 5.41) is 9.24. The average Bonchev–Trinajstić information content (AvgIpc) is 2.88. The lowest BCUT2D eigenvalue weighted by Gasteiger charge is -2.52. The van der Waals surface area contributed by atoms with E-state index >= 15 is 0 Å². The van der Waals surface area contributed by atoms with Gasteiger partial charge in [0, 0.05) is 30.7 Å². The fraction of sp³-hybridized carbons (Fsp3) is 0.462. The normalized spacial score (nSPS) is 20.9. The van der Waals surface area contributed by atoms with E-state index in [0.717, 1.165) is 18.7 Å². The standard InChI is InChI=1S/C26H31N3O5/c1-26(2,28-10-12-33-13-11-28)17-29-23(21-15-19(31-3)8-9-22(21)32-4)24(25(29)30)34-20-7-5-6-18(14-20)16-27/h5-9,14-15,23-24H,10-13,17H2,1-4H3/t23-,24-/m1/s1. The number of amides is 1. The molecule has 8 nitrogen and oxygen atoms in total. The van der Waals surface area contributed by atoms with E-state index in [2.05, 4.69) is 24.8 Å². The smallest absolute Gasteiger partial charge is 0.266 e. The third-order valence-electron chi connectivity index (χ3n) is 6.56. The lowest BCUT2D eigenvalue weighted by atomic mass is 9.87. The molecule has 2 fully saturated rings. The van der Waals surface area contributed by atoms with Crippen molar-refractivity contribution < 1.29 is 23.7 Å². The molecule has 2 aliphatic rings. The van der Waals surface area contributed by atoms with Crippen LogP contribution < -0.4 is 14.2 Å². The Morgan fingerprint density at radius 1 is 1.09 bits per heavy atom. The number of nitriles is 1. The van der Waals surface area contributed by atoms with E-state index in [-0.39, 0.29) is 17.5 Å². The number of β-lactam (4-membered cyclic amide) rings is 1. The summed E-state index contributed by atoms with van der Waals surface area (Å²) in [4.78, 5) is 17.6. The summed E-state index contributed by atoms with van der Waals surface area (Å²) in [6.45, 7) is 7.84. The van der Waals surface area contributed by atoms with Crippen LogP contribution in [0.1, 0.15) is 31.0 Å². The quantitative estimate of drug-likeness (QED) is 0.554. The third-order valence-corrected chi connectivity index (χ3v) is 6.56. The minimum Gasteiger partial charge on any atom is -0.497 e. The highest BCUT2D eigenvalue weighted by atomic mass is 16.5. The van der Waals surface area contributed by atoms with E-state index in [1.807, 2.05) is 23.1 Å². The van der Waals surface area contributed by atoms with E-state index in [1.165, 1.54) is 0 Å². The summed E-state index contributed by atoms with van der Waals surface area (Å²) in [5.74, 6) is 1.72. The molecule has 0 N–H and O–H groups in total. The summed E-state index contributed by atoms with van der Waals surface area (Å²) in [6, 6.07) is 14.2. The number of nitrogens with zero attached hydrogens (tertiary/aromatic N) is 3. The number of hydrogen-bond donors (Lipinski definition) is 0. The average molecular weight is 466 g/mol. The van der Waals surface area contributed by atoms with Crippen LogP contribution in [0.2, 0.25) is 0 Å². The van der Waals surface area contributed by atoms with Crippen LogP contribution in [-0.2, 0) is 9.53 Å². The van der Waals surface area contributed by atoms with Crippen molar-refractivity contribution in [3.05, 3.63) is 53.6 Å². The first-order chi connectivity index (χ1) is 16.4. The zero-order valence-electron chi connectivity index (χ0n) is 20.1. The summed E-state index contributed by atoms with van der Waals surface area (Å²) in [6.07, 6.45) is -0.740. The molecule has 2 aliphatic heterocycles. The van der Waals surface area contributed by atoms with Gasteiger partial charge in [-0.25, -0.2) is 0 Å². The van der Waals surface area contributed by atoms with Crippen molar-refractivity contribution >= 4 is 5.91 Å². The fourth-order valence-corrected chi connectivity index (χ4v) is 4.68. The molecule has 4 rings (SSSR count). The molecule has 0 aliphatic carbocycles. The molecule has 34 heavy (non-hydrogen) atoms. The molecule has 0 saturated carbocycles. The molecule has 0 unspecified atom stereocenters. The van der Waals surface area contributed by atoms with Crippen molar-refractivity contribution in [3.8, 4) is 23.3 Å². The first kappa shape index (κ1) is 23.9. The van der Waals surface area contributed by atoms with Crippen LogP contribution in [-0.4, -0.2) is 74.4 Å². The SMILES string of the molecule is COc1ccc(OC)c([C@@H]2[C@@H](Oc3cccc(C#N)c3)C(=O)N2CC(C)(C)N2CCOCC2)c1. The molecular formula is C26H31N3O5. The zero-order valence-corrected chi connectivity index (χ0v) is 20.1. The van der Waals surface area contributed by atoms with Gasteiger partial charge in [0.05, 0.1) is 39.1 Å². The van der Waals surface area contributed by atoms with Crippen molar-refractivity contribution in [2.24, 2.45) is 0 Å². The summed E-state index contributed by atoms with van der Waals surface area (Å²) in [7, 11) is 3.22. The summed E-state index contributed by atoms with van der Waals surface area (Å²) in [5.41, 5.74) is 1.04. The number of carbonyl (C=O) groups excluding carboxylic acids is 1. The van der Waals surface area contributed by atoms with Gasteiger partial charge in [-0.05, 0) is 50.2 Å². The monoisotopic (exact) mass is 465 g/mol. The predicted octanol–water partition coefficient (Wildman–Crippen LogP) is 3.02. The van der Waals surface area contributed by atoms with Gasteiger partial charge in [-0.1, -0.05) is 6.07 Å². The lowest BCUT2D eigenvalue weighted by Crippen LogP contribution is -2.66. The largest absolute Gasteiger partial charge is 0.497 e. The third kappa shape index (κ3) is 4.67. The van der Waals surface area contributed by atoms with Gasteiger partial charge in [-0.2, -0.15) is 5.26 Å². The minimum absolute atomic E-state index is 0.0985. The minimum atomic E-state index is -0.740. The maximum Gasteiger partial charge on any atom is 0.266 e. The highest BCUT2D eigenvalue weighted by Gasteiger charge is 2.53. The number of likely N-dealkylation sites (tertiary alicyclic amines) is 1. The molecule has 0 aromatic heterocycles. The van der Waals surface area contributed by atoms with Gasteiger partial charge in [0.25, 0.3) is 5.91 Å². The Morgan fingerprint density at radius 3 is 2.53 bits per heavy atom. The highest BCUT2D eigenvalue weighted by Crippen LogP contribution is 2.44. The van der Waals surface area contributed by atoms with Crippen molar-refractivity contribution in [3.63, 3.8) is 0 Å². The Morgan fingerprint density at radius 2 is 1.85 bits per heavy atom. The van der Waals surface area contributed by atoms with Crippen LogP contribution in [0.4, 0.5) is 0 Å². The van der Waals surface area contributed by atoms with E-state index < -0.39 is 6.10 Å². The van der Waals surface area contributed by atoms with Gasteiger partial charge >= 0.3 is 0 Å². The molecule has 2 saturated heterocycles. The van der Waals surface area contributed by atoms with Gasteiger partial charge in [0.2, 0.25) is 6.10 Å². The van der Waals surface area contributed by atoms with E-state index in [1.54, 1.807) is 38.5 Å². The van der Waals surface area contributed by atoms with E-state index in [9.17, 15) is 10.1 Å². The molecule has 2 atom stereocenters. The van der Waals surface area contributed by atoms with Crippen LogP contribution in [0, 0.1) is 11.3 Å². The fourth-order valence-electron chi connectivity index (χ4n) is 4.68. The van der Waals surface area contributed by atoms with Crippen LogP contribution in [0.5, 0.6) is 17.2 Å². The summed E-state index contributed by atoms with van der Waals surface area (Å²) >= 11 is 0. The number of hydrogen-bond acceptors (Lipinski definition) is 7. The maximum atomic E-state index is 13.4. The molecule has 2 heterocycles. The molecule has 8 heteroatoms. The van der Waals surface area contributed by atoms with Gasteiger partial charge in [-0.15, -0.1) is 0 Å². The molecule has 2 aromatic rings. The van der Waals surface area contributed by atoms with Gasteiger partial charge < -0.3 is 23.8 Å². The van der Waals surface area contributed by atoms with Crippen molar-refractivity contribution in [1.82, 2.24) is 9.80 Å². The highest BCUT2D eigenvalue weighted by molar-refractivity contribution is 5.89. The predicted molar refractivity (Wildman–Crippen MR) is 126 cm³/mol. The number of carbonyl (C=O) groups is 1. The Kier molecular flexibility index (Phi) is 6.96. The lowest BCUT2D eigenvalue weighted by molar-refractivity contribution is -0.168. The van der Waals surface area contributed by atoms with E-state index in [4.69, 9.17) is 18.9 Å². The molecule has 1 amide bonds. The Labute approximate surface area is 200 Å². The summed E-state index contributed by atoms with van der Waals surface area (Å²) < 4.78 is 22.8. The van der Waals surface area contributed by atoms with Crippen molar-refractivity contribution in [1.29, 1.82) is 5.26 Å². The van der Waals surface area contributed by atoms with Crippen LogP contribution in [0.3, 0.4) is 0 Å². The Hall–Kier alpha value is -3.28. The number of morpholine rings is 1. The number of methoxy groups -OCH3 is 2. The first-order valence-electron chi connectivity index (χ1n) is 11.4. The van der Waals surface area contributed by atoms with Crippen molar-refractivity contribution in [2.75, 3.05) is 47.1 Å². The molecule has 0 bridgehead atoms. The molecular weight excluding hydrogens is 434 g/mol. The van der Waals surface area contributed by atoms with Gasteiger partial charge in [0.1, 0.15) is 23.3 Å². The number of rotatable bonds is 8. The number of benzene rings is 2. The maximum absolute atomic E-state index is 13.4. The first-order valence-corrected chi connectivity index (χ1v) is 11.4. The van der Waals surface area contributed by atoms with Crippen LogP contribution in [0.15, 0.2) is 42.5 Å². The van der Waals surface area contributed by atoms with Gasteiger partial charge in [0.15, 0.2) is 0 Å². The van der Waals surface area contributed by atoms with E-state index in [0.29, 0.717) is 42.6 Å². The van der Waals surface area contributed by atoms with Gasteiger partial charge in [-0.3, -0.25) is 9.69 Å². The Balaban J connectivity index is 1.67. The number of ether oxygens (including phenoxy) is 4. The van der Waals surface area contributed by atoms with Crippen LogP contribution >= 0.6 is 0 Å². The topological polar surface area (TPSA) is 84.3 Å². The zero-order chi connectivity index (χ0) is 24.3. The van der Waals surface area contributed by atoms with Crippen molar-refractivity contribution in [2.45, 2.75) is 31.5 Å². The second-order valence-corrected chi connectivity index (χ2v) is 9.11. The van der Waals surface area contributed by atoms with Crippen LogP contribution in [0.25, 0.3) is 0 Å². The molecule has 180 valence electrons. The Bertz CT molecular complexity index is 1070. The molecule has 0 spiro atoms. The second kappa shape index (κ2) is 9.92. The molecule has 0 radical (unpaired) electrons.